The van der Waals surface area contributed by atoms with E-state index in [0.29, 0.717) is 26.1 Å². The van der Waals surface area contributed by atoms with Gasteiger partial charge in [-0.25, -0.2) is 0 Å². The van der Waals surface area contributed by atoms with Gasteiger partial charge in [0.15, 0.2) is 13.6 Å². The Bertz CT molecular complexity index is 750. The Hall–Kier alpha value is -1.16. The van der Waals surface area contributed by atoms with Crippen LogP contribution in [0.15, 0.2) is 45.3 Å². The summed E-state index contributed by atoms with van der Waals surface area (Å²) in [5, 5.41) is 0. The van der Waals surface area contributed by atoms with Gasteiger partial charge in [-0.2, -0.15) is 0 Å². The average molecular weight is 576 g/mol. The molecule has 178 valence electrons. The Morgan fingerprint density at radius 2 is 1.09 bits per heavy atom. The zero-order valence-corrected chi connectivity index (χ0v) is 22.2. The van der Waals surface area contributed by atoms with E-state index in [-0.39, 0.29) is 25.8 Å². The molecule has 0 spiro atoms. The van der Waals surface area contributed by atoms with Crippen LogP contribution in [-0.4, -0.2) is 53.2 Å². The summed E-state index contributed by atoms with van der Waals surface area (Å²) in [5.74, 6) is 1.50. The maximum absolute atomic E-state index is 5.87. The fourth-order valence-electron chi connectivity index (χ4n) is 3.29. The average Bonchev–Trinajstić information content (AvgIpc) is 2.79. The number of halogens is 2. The molecule has 8 heteroatoms. The third-order valence-corrected chi connectivity index (χ3v) is 6.19. The lowest BCUT2D eigenvalue weighted by atomic mass is 9.97. The number of benzene rings is 2. The lowest BCUT2D eigenvalue weighted by Gasteiger charge is -2.27. The van der Waals surface area contributed by atoms with Crippen LogP contribution in [-0.2, 0) is 31.8 Å². The molecule has 0 heterocycles. The normalized spacial score (nSPS) is 13.1. The van der Waals surface area contributed by atoms with E-state index in [2.05, 4.69) is 31.9 Å². The quantitative estimate of drug-likeness (QED) is 0.198. The number of methoxy groups -OCH3 is 2. The van der Waals surface area contributed by atoms with Crippen molar-refractivity contribution in [1.29, 1.82) is 0 Å². The summed E-state index contributed by atoms with van der Waals surface area (Å²) in [7, 11) is 3.39. The van der Waals surface area contributed by atoms with Gasteiger partial charge in [0, 0.05) is 40.3 Å². The van der Waals surface area contributed by atoms with E-state index in [4.69, 9.17) is 28.4 Å². The second-order valence-corrected chi connectivity index (χ2v) is 8.63. The van der Waals surface area contributed by atoms with Crippen LogP contribution in [0, 0.1) is 0 Å². The van der Waals surface area contributed by atoms with Gasteiger partial charge in [-0.15, -0.1) is 0 Å². The Morgan fingerprint density at radius 1 is 0.688 bits per heavy atom. The summed E-state index contributed by atoms with van der Waals surface area (Å²) < 4.78 is 35.9. The van der Waals surface area contributed by atoms with E-state index in [1.165, 1.54) is 0 Å². The summed E-state index contributed by atoms with van der Waals surface area (Å²) in [6.07, 6.45) is 0.808. The van der Waals surface area contributed by atoms with Crippen molar-refractivity contribution in [3.05, 3.63) is 56.5 Å². The van der Waals surface area contributed by atoms with Crippen LogP contribution in [0.5, 0.6) is 11.5 Å². The Balaban J connectivity index is 2.20. The molecule has 0 aliphatic heterocycles. The molecule has 0 aliphatic rings. The van der Waals surface area contributed by atoms with Crippen LogP contribution in [0.1, 0.15) is 25.0 Å². The first-order chi connectivity index (χ1) is 15.5. The second-order valence-electron chi connectivity index (χ2n) is 6.92. The van der Waals surface area contributed by atoms with Gasteiger partial charge in [-0.3, -0.25) is 0 Å². The molecule has 32 heavy (non-hydrogen) atoms. The van der Waals surface area contributed by atoms with Crippen molar-refractivity contribution in [2.75, 3.05) is 41.0 Å². The molecule has 0 bridgehead atoms. The SMILES string of the molecule is CCOCOc1c(Br)cccc1C[C@@H](OC)[C@@H](Cc1cccc(Br)c1OCOCC)OC. The highest BCUT2D eigenvalue weighted by atomic mass is 79.9. The van der Waals surface area contributed by atoms with Crippen molar-refractivity contribution < 1.29 is 28.4 Å². The number of hydrogen-bond acceptors (Lipinski definition) is 6. The molecular formula is C24H32Br2O6. The third-order valence-electron chi connectivity index (χ3n) is 4.94. The monoisotopic (exact) mass is 574 g/mol. The first-order valence-corrected chi connectivity index (χ1v) is 12.2. The molecule has 2 atom stereocenters. The van der Waals surface area contributed by atoms with Crippen molar-refractivity contribution >= 4 is 31.9 Å². The van der Waals surface area contributed by atoms with E-state index in [0.717, 1.165) is 31.6 Å². The molecule has 0 aliphatic carbocycles. The van der Waals surface area contributed by atoms with Crippen LogP contribution in [0.3, 0.4) is 0 Å². The molecule has 0 unspecified atom stereocenters. The van der Waals surface area contributed by atoms with Crippen molar-refractivity contribution in [2.24, 2.45) is 0 Å². The highest BCUT2D eigenvalue weighted by Gasteiger charge is 2.25. The number of para-hydroxylation sites is 2. The van der Waals surface area contributed by atoms with E-state index in [1.807, 2.05) is 50.2 Å². The van der Waals surface area contributed by atoms with Crippen molar-refractivity contribution in [3.8, 4) is 11.5 Å². The second kappa shape index (κ2) is 14.9. The molecule has 0 saturated carbocycles. The molecule has 2 rings (SSSR count). The van der Waals surface area contributed by atoms with Crippen LogP contribution in [0.2, 0.25) is 0 Å². The molecule has 0 amide bonds. The number of ether oxygens (including phenoxy) is 6. The minimum Gasteiger partial charge on any atom is -0.466 e. The Kier molecular flexibility index (Phi) is 12.6. The van der Waals surface area contributed by atoms with Gasteiger partial charge in [-0.05, 0) is 69.0 Å². The lowest BCUT2D eigenvalue weighted by molar-refractivity contribution is -0.0361. The van der Waals surface area contributed by atoms with Crippen molar-refractivity contribution in [2.45, 2.75) is 38.9 Å². The van der Waals surface area contributed by atoms with Gasteiger partial charge < -0.3 is 28.4 Å². The predicted octanol–water partition coefficient (Wildman–Crippen LogP) is 5.77. The minimum atomic E-state index is -0.206. The van der Waals surface area contributed by atoms with E-state index < -0.39 is 0 Å². The van der Waals surface area contributed by atoms with Crippen LogP contribution in [0.4, 0.5) is 0 Å². The van der Waals surface area contributed by atoms with Gasteiger partial charge in [0.2, 0.25) is 0 Å². The number of rotatable bonds is 15. The van der Waals surface area contributed by atoms with Gasteiger partial charge >= 0.3 is 0 Å². The molecule has 6 nitrogen and oxygen atoms in total. The zero-order valence-electron chi connectivity index (χ0n) is 19.1. The predicted molar refractivity (Wildman–Crippen MR) is 132 cm³/mol. The highest BCUT2D eigenvalue weighted by molar-refractivity contribution is 9.10. The number of hydrogen-bond donors (Lipinski definition) is 0. The Morgan fingerprint density at radius 3 is 1.44 bits per heavy atom. The molecular weight excluding hydrogens is 544 g/mol. The van der Waals surface area contributed by atoms with Gasteiger partial charge in [0.05, 0.1) is 21.2 Å². The summed E-state index contributed by atoms with van der Waals surface area (Å²) >= 11 is 7.16. The zero-order chi connectivity index (χ0) is 23.3. The van der Waals surface area contributed by atoms with Gasteiger partial charge in [0.25, 0.3) is 0 Å². The largest absolute Gasteiger partial charge is 0.466 e. The van der Waals surface area contributed by atoms with Crippen molar-refractivity contribution in [1.82, 2.24) is 0 Å². The highest BCUT2D eigenvalue weighted by Crippen LogP contribution is 2.33. The molecule has 2 aromatic rings. The maximum atomic E-state index is 5.87. The molecule has 0 N–H and O–H groups in total. The summed E-state index contributed by atoms with van der Waals surface area (Å²) in [6.45, 7) is 5.43. The standard InChI is InChI=1S/C24H32Br2O6/c1-5-29-15-31-23-17(9-7-11-19(23)25)13-21(27-3)22(28-4)14-18-10-8-12-20(26)24(18)32-16-30-6-2/h7-12,21-22H,5-6,13-16H2,1-4H3/t21-,22-/m1/s1. The van der Waals surface area contributed by atoms with E-state index >= 15 is 0 Å². The third kappa shape index (κ3) is 8.01. The van der Waals surface area contributed by atoms with Crippen LogP contribution >= 0.6 is 31.9 Å². The van der Waals surface area contributed by atoms with E-state index in [1.54, 1.807) is 14.2 Å². The summed E-state index contributed by atoms with van der Waals surface area (Å²) in [5.41, 5.74) is 2.02. The minimum absolute atomic E-state index is 0.191. The van der Waals surface area contributed by atoms with Crippen molar-refractivity contribution in [3.63, 3.8) is 0 Å². The molecule has 2 aromatic carbocycles. The summed E-state index contributed by atoms with van der Waals surface area (Å²) in [4.78, 5) is 0. The smallest absolute Gasteiger partial charge is 0.189 e. The Labute approximate surface area is 207 Å². The van der Waals surface area contributed by atoms with Gasteiger partial charge in [0.1, 0.15) is 11.5 Å². The van der Waals surface area contributed by atoms with Gasteiger partial charge in [-0.1, -0.05) is 24.3 Å². The molecule has 0 radical (unpaired) electrons. The van der Waals surface area contributed by atoms with Crippen LogP contribution < -0.4 is 9.47 Å². The first-order valence-electron chi connectivity index (χ1n) is 10.6. The van der Waals surface area contributed by atoms with E-state index in [9.17, 15) is 0 Å². The molecule has 0 aromatic heterocycles. The fraction of sp³-hybridized carbons (Fsp3) is 0.500. The van der Waals surface area contributed by atoms with Crippen LogP contribution in [0.25, 0.3) is 0 Å². The topological polar surface area (TPSA) is 55.4 Å². The fourth-order valence-corrected chi connectivity index (χ4v) is 4.33. The summed E-state index contributed by atoms with van der Waals surface area (Å²) in [6, 6.07) is 11.9. The maximum Gasteiger partial charge on any atom is 0.189 e. The molecule has 0 fully saturated rings. The molecule has 0 saturated heterocycles. The lowest BCUT2D eigenvalue weighted by Crippen LogP contribution is -2.34. The first kappa shape index (κ1) is 27.1.